The zero-order valence-electron chi connectivity index (χ0n) is 12.4. The molecule has 130 valence electrons. The molecule has 1 aliphatic heterocycles. The minimum Gasteiger partial charge on any atom is -0.351 e. The van der Waals surface area contributed by atoms with E-state index >= 15 is 0 Å². The molecule has 2 rings (SSSR count). The average molecular weight is 401 g/mol. The normalized spacial score (nSPS) is 20.7. The Morgan fingerprint density at radius 3 is 2.65 bits per heavy atom. The molecule has 0 saturated carbocycles. The smallest absolute Gasteiger partial charge is 0.253 e. The summed E-state index contributed by atoms with van der Waals surface area (Å²) in [4.78, 5) is 12.0. The van der Waals surface area contributed by atoms with Crippen molar-refractivity contribution in [1.82, 2.24) is 9.62 Å². The summed E-state index contributed by atoms with van der Waals surface area (Å²) in [5.41, 5.74) is 0. The van der Waals surface area contributed by atoms with Gasteiger partial charge in [0.05, 0.1) is 22.4 Å². The summed E-state index contributed by atoms with van der Waals surface area (Å²) < 4.78 is 49.1. The first-order valence-electron chi connectivity index (χ1n) is 6.89. The number of nitrogens with one attached hydrogen (secondary N) is 1. The molecule has 0 unspecified atom stereocenters. The van der Waals surface area contributed by atoms with Gasteiger partial charge in [0.1, 0.15) is 4.21 Å². The number of likely N-dealkylation sites (N-methyl/N-ethyl adjacent to an activating group) is 1. The van der Waals surface area contributed by atoms with Crippen LogP contribution in [-0.2, 0) is 24.7 Å². The molecule has 1 fully saturated rings. The van der Waals surface area contributed by atoms with Crippen molar-refractivity contribution in [1.29, 1.82) is 0 Å². The number of sulfone groups is 1. The fourth-order valence-electron chi connectivity index (χ4n) is 2.27. The Balaban J connectivity index is 2.03. The summed E-state index contributed by atoms with van der Waals surface area (Å²) in [6.45, 7) is 1.39. The Morgan fingerprint density at radius 1 is 1.48 bits per heavy atom. The lowest BCUT2D eigenvalue weighted by molar-refractivity contribution is -0.121. The van der Waals surface area contributed by atoms with Crippen LogP contribution in [0.1, 0.15) is 13.3 Å². The van der Waals surface area contributed by atoms with E-state index in [1.165, 1.54) is 12.1 Å². The fraction of sp³-hybridized carbons (Fsp3) is 0.583. The van der Waals surface area contributed by atoms with Gasteiger partial charge in [0.15, 0.2) is 9.84 Å². The van der Waals surface area contributed by atoms with Gasteiger partial charge in [0.2, 0.25) is 5.91 Å². The zero-order valence-corrected chi connectivity index (χ0v) is 15.6. The van der Waals surface area contributed by atoms with Crippen molar-refractivity contribution >= 4 is 48.7 Å². The van der Waals surface area contributed by atoms with E-state index in [4.69, 9.17) is 11.6 Å². The van der Waals surface area contributed by atoms with Gasteiger partial charge in [-0.25, -0.2) is 16.8 Å². The number of rotatable bonds is 6. The van der Waals surface area contributed by atoms with Crippen molar-refractivity contribution < 1.29 is 21.6 Å². The molecule has 0 radical (unpaired) electrons. The molecule has 0 spiro atoms. The number of carbonyl (C=O) groups is 1. The summed E-state index contributed by atoms with van der Waals surface area (Å²) in [6.07, 6.45) is 0.355. The number of thiophene rings is 1. The van der Waals surface area contributed by atoms with E-state index in [2.05, 4.69) is 5.32 Å². The predicted molar refractivity (Wildman–Crippen MR) is 89.0 cm³/mol. The van der Waals surface area contributed by atoms with Crippen molar-refractivity contribution in [2.75, 3.05) is 24.6 Å². The van der Waals surface area contributed by atoms with Crippen molar-refractivity contribution in [3.63, 3.8) is 0 Å². The maximum atomic E-state index is 12.5. The van der Waals surface area contributed by atoms with E-state index in [1.807, 2.05) is 0 Å². The molecule has 2 heterocycles. The lowest BCUT2D eigenvalue weighted by atomic mass is 10.2. The third kappa shape index (κ3) is 4.66. The molecule has 0 aromatic carbocycles. The van der Waals surface area contributed by atoms with Crippen LogP contribution >= 0.6 is 22.9 Å². The third-order valence-corrected chi connectivity index (χ3v) is 8.80. The second-order valence-electron chi connectivity index (χ2n) is 5.16. The number of carbonyl (C=O) groups excluding carboxylic acids is 1. The quantitative estimate of drug-likeness (QED) is 0.758. The molecule has 1 amide bonds. The average Bonchev–Trinajstić information content (AvgIpc) is 3.02. The molecule has 1 aromatic heterocycles. The van der Waals surface area contributed by atoms with E-state index in [-0.39, 0.29) is 28.8 Å². The number of sulfonamides is 1. The highest BCUT2D eigenvalue weighted by Gasteiger charge is 2.31. The van der Waals surface area contributed by atoms with Gasteiger partial charge in [-0.3, -0.25) is 4.79 Å². The van der Waals surface area contributed by atoms with Gasteiger partial charge in [0, 0.05) is 12.6 Å². The van der Waals surface area contributed by atoms with Gasteiger partial charge in [-0.05, 0) is 18.6 Å². The van der Waals surface area contributed by atoms with E-state index in [0.717, 1.165) is 15.6 Å². The Bertz CT molecular complexity index is 787. The Labute approximate surface area is 144 Å². The van der Waals surface area contributed by atoms with Crippen molar-refractivity contribution in [3.8, 4) is 0 Å². The van der Waals surface area contributed by atoms with Crippen LogP contribution in [0.4, 0.5) is 0 Å². The topological polar surface area (TPSA) is 101 Å². The van der Waals surface area contributed by atoms with Crippen LogP contribution in [0, 0.1) is 0 Å². The van der Waals surface area contributed by atoms with Crippen molar-refractivity contribution in [2.45, 2.75) is 23.6 Å². The van der Waals surface area contributed by atoms with Crippen LogP contribution in [0.15, 0.2) is 16.3 Å². The van der Waals surface area contributed by atoms with Gasteiger partial charge >= 0.3 is 0 Å². The van der Waals surface area contributed by atoms with E-state index in [1.54, 1.807) is 6.92 Å². The molecule has 1 saturated heterocycles. The van der Waals surface area contributed by atoms with E-state index in [0.29, 0.717) is 10.8 Å². The number of nitrogens with zero attached hydrogens (tertiary/aromatic N) is 1. The molecule has 7 nitrogen and oxygen atoms in total. The molecule has 23 heavy (non-hydrogen) atoms. The maximum absolute atomic E-state index is 12.5. The molecule has 1 aromatic rings. The highest BCUT2D eigenvalue weighted by molar-refractivity contribution is 7.91. The maximum Gasteiger partial charge on any atom is 0.253 e. The van der Waals surface area contributed by atoms with Crippen LogP contribution in [0.3, 0.4) is 0 Å². The lowest BCUT2D eigenvalue weighted by Crippen LogP contribution is -2.44. The van der Waals surface area contributed by atoms with Crippen molar-refractivity contribution in [2.24, 2.45) is 0 Å². The molecular formula is C12H17ClN2O5S3. The number of hydrogen-bond acceptors (Lipinski definition) is 6. The molecule has 11 heteroatoms. The van der Waals surface area contributed by atoms with Gasteiger partial charge < -0.3 is 5.32 Å². The number of amides is 1. The minimum atomic E-state index is -3.79. The van der Waals surface area contributed by atoms with E-state index < -0.39 is 31.8 Å². The van der Waals surface area contributed by atoms with Gasteiger partial charge in [-0.15, -0.1) is 11.3 Å². The predicted octanol–water partition coefficient (Wildman–Crippen LogP) is 0.715. The molecular weight excluding hydrogens is 384 g/mol. The zero-order chi connectivity index (χ0) is 17.3. The molecule has 1 N–H and O–H groups in total. The largest absolute Gasteiger partial charge is 0.351 e. The SMILES string of the molecule is CCN(CC(=O)N[C@@H]1CCS(=O)(=O)C1)S(=O)(=O)c1ccc(Cl)s1. The minimum absolute atomic E-state index is 0.0431. The first-order valence-corrected chi connectivity index (χ1v) is 11.3. The highest BCUT2D eigenvalue weighted by Crippen LogP contribution is 2.27. The summed E-state index contributed by atoms with van der Waals surface area (Å²) in [5.74, 6) is -0.570. The Hall–Kier alpha value is -0.680. The van der Waals surface area contributed by atoms with Crippen LogP contribution in [-0.4, -0.2) is 57.7 Å². The fourth-order valence-corrected chi connectivity index (χ4v) is 6.99. The summed E-state index contributed by atoms with van der Waals surface area (Å²) >= 11 is 6.68. The first kappa shape index (κ1) is 18.7. The lowest BCUT2D eigenvalue weighted by Gasteiger charge is -2.20. The van der Waals surface area contributed by atoms with Crippen LogP contribution in [0.5, 0.6) is 0 Å². The Kier molecular flexibility index (Phi) is 5.72. The Morgan fingerprint density at radius 2 is 2.17 bits per heavy atom. The second-order valence-corrected chi connectivity index (χ2v) is 11.3. The standard InChI is InChI=1S/C12H17ClN2O5S3/c1-2-15(23(19,20)12-4-3-10(13)21-12)7-11(16)14-9-5-6-22(17,18)8-9/h3-4,9H,2,5-8H2,1H3,(H,14,16)/t9-/m1/s1. The van der Waals surface area contributed by atoms with Gasteiger partial charge in [-0.2, -0.15) is 4.31 Å². The van der Waals surface area contributed by atoms with Crippen molar-refractivity contribution in [3.05, 3.63) is 16.5 Å². The van der Waals surface area contributed by atoms with Gasteiger partial charge in [-0.1, -0.05) is 18.5 Å². The highest BCUT2D eigenvalue weighted by atomic mass is 35.5. The van der Waals surface area contributed by atoms with Gasteiger partial charge in [0.25, 0.3) is 10.0 Å². The summed E-state index contributed by atoms with van der Waals surface area (Å²) in [7, 11) is -6.90. The van der Waals surface area contributed by atoms with Crippen LogP contribution in [0.25, 0.3) is 0 Å². The molecule has 0 bridgehead atoms. The summed E-state index contributed by atoms with van der Waals surface area (Å²) in [5, 5.41) is 2.58. The molecule has 0 aliphatic carbocycles. The number of hydrogen-bond donors (Lipinski definition) is 1. The third-order valence-electron chi connectivity index (χ3n) is 3.41. The monoisotopic (exact) mass is 400 g/mol. The van der Waals surface area contributed by atoms with Crippen LogP contribution < -0.4 is 5.32 Å². The first-order chi connectivity index (χ1) is 10.6. The second kappa shape index (κ2) is 7.06. The van der Waals surface area contributed by atoms with E-state index in [9.17, 15) is 21.6 Å². The molecule has 1 atom stereocenters. The molecule has 1 aliphatic rings. The van der Waals surface area contributed by atoms with Crippen LogP contribution in [0.2, 0.25) is 4.34 Å². The summed E-state index contributed by atoms with van der Waals surface area (Å²) in [6, 6.07) is 2.42. The number of halogens is 1.